The summed E-state index contributed by atoms with van der Waals surface area (Å²) in [5.41, 5.74) is 2.54. The molecule has 0 aromatic carbocycles. The predicted octanol–water partition coefficient (Wildman–Crippen LogP) is 2.33. The highest BCUT2D eigenvalue weighted by molar-refractivity contribution is 5.15. The summed E-state index contributed by atoms with van der Waals surface area (Å²) in [6.45, 7) is 0. The van der Waals surface area contributed by atoms with Gasteiger partial charge in [-0.3, -0.25) is 0 Å². The fraction of sp³-hybridized carbons (Fsp3) is 0.667. The topological polar surface area (TPSA) is 26.0 Å². The van der Waals surface area contributed by atoms with Gasteiger partial charge in [-0.15, -0.1) is 0 Å². The minimum atomic E-state index is 1.12. The monoisotopic (exact) mass is 151 g/mol. The average molecular weight is 151 g/mol. The lowest BCUT2D eigenvalue weighted by atomic mass is 9.99. The highest BCUT2D eigenvalue weighted by Gasteiger charge is 2.09. The summed E-state index contributed by atoms with van der Waals surface area (Å²) in [6, 6.07) is 0. The quantitative estimate of drug-likeness (QED) is 0.568. The SMILES string of the molecule is c1onc2c1CCCCCC2. The third kappa shape index (κ3) is 1.44. The summed E-state index contributed by atoms with van der Waals surface area (Å²) < 4.78 is 4.93. The lowest BCUT2D eigenvalue weighted by Gasteiger charge is -2.05. The van der Waals surface area contributed by atoms with E-state index in [1.165, 1.54) is 43.4 Å². The van der Waals surface area contributed by atoms with E-state index in [1.54, 1.807) is 6.26 Å². The molecule has 0 amide bonds. The van der Waals surface area contributed by atoms with Gasteiger partial charge in [-0.25, -0.2) is 0 Å². The number of fused-ring (bicyclic) bond motifs is 1. The van der Waals surface area contributed by atoms with Crippen LogP contribution in [-0.4, -0.2) is 5.16 Å². The highest BCUT2D eigenvalue weighted by Crippen LogP contribution is 2.18. The maximum atomic E-state index is 4.93. The van der Waals surface area contributed by atoms with Gasteiger partial charge in [0.15, 0.2) is 0 Å². The summed E-state index contributed by atoms with van der Waals surface area (Å²) in [6.07, 6.45) is 9.38. The minimum absolute atomic E-state index is 1.12. The normalized spacial score (nSPS) is 18.5. The number of rotatable bonds is 0. The molecule has 1 aliphatic carbocycles. The molecule has 0 atom stereocenters. The van der Waals surface area contributed by atoms with Crippen molar-refractivity contribution in [3.05, 3.63) is 17.5 Å². The zero-order chi connectivity index (χ0) is 7.52. The van der Waals surface area contributed by atoms with Crippen molar-refractivity contribution >= 4 is 0 Å². The molecule has 11 heavy (non-hydrogen) atoms. The van der Waals surface area contributed by atoms with Crippen molar-refractivity contribution < 1.29 is 4.52 Å². The van der Waals surface area contributed by atoms with Gasteiger partial charge in [0.1, 0.15) is 6.26 Å². The Balaban J connectivity index is 2.18. The molecular weight excluding hydrogens is 138 g/mol. The third-order valence-electron chi connectivity index (χ3n) is 2.34. The fourth-order valence-electron chi connectivity index (χ4n) is 1.65. The maximum Gasteiger partial charge on any atom is 0.127 e. The molecule has 0 radical (unpaired) electrons. The molecule has 0 fully saturated rings. The number of aryl methyl sites for hydroxylation is 2. The standard InChI is InChI=1S/C9H13NO/c1-2-4-6-9-8(5-3-1)7-11-10-9/h7H,1-6H2. The summed E-state index contributed by atoms with van der Waals surface area (Å²) in [4.78, 5) is 0. The largest absolute Gasteiger partial charge is 0.364 e. The van der Waals surface area contributed by atoms with E-state index in [0.29, 0.717) is 0 Å². The van der Waals surface area contributed by atoms with Gasteiger partial charge in [0.05, 0.1) is 5.69 Å². The van der Waals surface area contributed by atoms with Crippen LogP contribution in [0.2, 0.25) is 0 Å². The van der Waals surface area contributed by atoms with Crippen LogP contribution in [0.25, 0.3) is 0 Å². The van der Waals surface area contributed by atoms with Crippen LogP contribution < -0.4 is 0 Å². The fourth-order valence-corrected chi connectivity index (χ4v) is 1.65. The molecule has 1 aromatic heterocycles. The molecule has 60 valence electrons. The molecule has 0 spiro atoms. The Morgan fingerprint density at radius 1 is 1.09 bits per heavy atom. The Hall–Kier alpha value is -0.790. The summed E-state index contributed by atoms with van der Waals surface area (Å²) in [5, 5.41) is 3.98. The van der Waals surface area contributed by atoms with E-state index < -0.39 is 0 Å². The molecule has 0 N–H and O–H groups in total. The van der Waals surface area contributed by atoms with Crippen LogP contribution in [0.4, 0.5) is 0 Å². The van der Waals surface area contributed by atoms with Gasteiger partial charge < -0.3 is 4.52 Å². The zero-order valence-corrected chi connectivity index (χ0v) is 6.68. The molecule has 0 bridgehead atoms. The van der Waals surface area contributed by atoms with Crippen molar-refractivity contribution in [1.82, 2.24) is 5.16 Å². The highest BCUT2D eigenvalue weighted by atomic mass is 16.5. The Labute approximate surface area is 66.6 Å². The Morgan fingerprint density at radius 3 is 2.82 bits per heavy atom. The van der Waals surface area contributed by atoms with E-state index in [0.717, 1.165) is 6.42 Å². The van der Waals surface area contributed by atoms with Crippen molar-refractivity contribution in [3.8, 4) is 0 Å². The van der Waals surface area contributed by atoms with E-state index in [9.17, 15) is 0 Å². The minimum Gasteiger partial charge on any atom is -0.364 e. The van der Waals surface area contributed by atoms with Gasteiger partial charge in [-0.05, 0) is 25.7 Å². The Bertz CT molecular complexity index is 207. The van der Waals surface area contributed by atoms with E-state index >= 15 is 0 Å². The van der Waals surface area contributed by atoms with E-state index in [-0.39, 0.29) is 0 Å². The second-order valence-electron chi connectivity index (χ2n) is 3.20. The Morgan fingerprint density at radius 2 is 1.91 bits per heavy atom. The molecular formula is C9H13NO. The first-order valence-electron chi connectivity index (χ1n) is 4.39. The second-order valence-corrected chi connectivity index (χ2v) is 3.20. The molecule has 0 aliphatic heterocycles. The first-order valence-corrected chi connectivity index (χ1v) is 4.39. The third-order valence-corrected chi connectivity index (χ3v) is 2.34. The van der Waals surface area contributed by atoms with E-state index in [2.05, 4.69) is 5.16 Å². The molecule has 0 saturated carbocycles. The van der Waals surface area contributed by atoms with Crippen molar-refractivity contribution in [2.24, 2.45) is 0 Å². The molecule has 0 saturated heterocycles. The van der Waals surface area contributed by atoms with Crippen LogP contribution in [0.3, 0.4) is 0 Å². The number of nitrogens with zero attached hydrogens (tertiary/aromatic N) is 1. The number of aromatic nitrogens is 1. The summed E-state index contributed by atoms with van der Waals surface area (Å²) in [5.74, 6) is 0. The van der Waals surface area contributed by atoms with Gasteiger partial charge >= 0.3 is 0 Å². The molecule has 2 rings (SSSR count). The van der Waals surface area contributed by atoms with Crippen molar-refractivity contribution in [2.45, 2.75) is 38.5 Å². The van der Waals surface area contributed by atoms with E-state index in [1.807, 2.05) is 0 Å². The van der Waals surface area contributed by atoms with Crippen LogP contribution in [-0.2, 0) is 12.8 Å². The van der Waals surface area contributed by atoms with Gasteiger partial charge in [-0.1, -0.05) is 18.0 Å². The van der Waals surface area contributed by atoms with Crippen LogP contribution >= 0.6 is 0 Å². The number of hydrogen-bond acceptors (Lipinski definition) is 2. The van der Waals surface area contributed by atoms with Crippen LogP contribution in [0, 0.1) is 0 Å². The first-order chi connectivity index (χ1) is 5.47. The maximum absolute atomic E-state index is 4.93. The van der Waals surface area contributed by atoms with Gasteiger partial charge in [0.2, 0.25) is 0 Å². The Kier molecular flexibility index (Phi) is 1.93. The van der Waals surface area contributed by atoms with Gasteiger partial charge in [0.25, 0.3) is 0 Å². The van der Waals surface area contributed by atoms with Gasteiger partial charge in [0, 0.05) is 5.56 Å². The average Bonchev–Trinajstić information content (AvgIpc) is 2.35. The molecule has 1 heterocycles. The van der Waals surface area contributed by atoms with E-state index in [4.69, 9.17) is 4.52 Å². The van der Waals surface area contributed by atoms with Crippen LogP contribution in [0.5, 0.6) is 0 Å². The van der Waals surface area contributed by atoms with Gasteiger partial charge in [-0.2, -0.15) is 0 Å². The predicted molar refractivity (Wildman–Crippen MR) is 42.4 cm³/mol. The first kappa shape index (κ1) is 6.89. The molecule has 2 nitrogen and oxygen atoms in total. The lowest BCUT2D eigenvalue weighted by Crippen LogP contribution is -1.96. The smallest absolute Gasteiger partial charge is 0.127 e. The summed E-state index contributed by atoms with van der Waals surface area (Å²) >= 11 is 0. The van der Waals surface area contributed by atoms with Crippen LogP contribution in [0.1, 0.15) is 36.9 Å². The second kappa shape index (κ2) is 3.07. The zero-order valence-electron chi connectivity index (χ0n) is 6.68. The van der Waals surface area contributed by atoms with Crippen molar-refractivity contribution in [2.75, 3.05) is 0 Å². The molecule has 0 unspecified atom stereocenters. The number of hydrogen-bond donors (Lipinski definition) is 0. The lowest BCUT2D eigenvalue weighted by molar-refractivity contribution is 0.410. The summed E-state index contributed by atoms with van der Waals surface area (Å²) in [7, 11) is 0. The van der Waals surface area contributed by atoms with Crippen LogP contribution in [0.15, 0.2) is 10.8 Å². The molecule has 1 aromatic rings. The molecule has 1 aliphatic rings. The van der Waals surface area contributed by atoms with Crippen molar-refractivity contribution in [3.63, 3.8) is 0 Å². The van der Waals surface area contributed by atoms with Crippen molar-refractivity contribution in [1.29, 1.82) is 0 Å². The molecule has 2 heteroatoms.